The molecule has 0 spiro atoms. The van der Waals surface area contributed by atoms with E-state index in [1.54, 1.807) is 24.4 Å². The average molecular weight is 350 g/mol. The van der Waals surface area contributed by atoms with Crippen molar-refractivity contribution in [2.45, 2.75) is 13.3 Å². The Bertz CT molecular complexity index is 1010. The molecule has 0 fully saturated rings. The van der Waals surface area contributed by atoms with E-state index in [1.807, 2.05) is 25.1 Å². The van der Waals surface area contributed by atoms with Gasteiger partial charge in [-0.05, 0) is 24.1 Å². The second-order valence-corrected chi connectivity index (χ2v) is 6.04. The molecule has 2 N–H and O–H groups in total. The molecule has 1 amide bonds. The average Bonchev–Trinajstić information content (AvgIpc) is 3.11. The third-order valence-corrected chi connectivity index (χ3v) is 4.43. The van der Waals surface area contributed by atoms with E-state index >= 15 is 0 Å². The molecular weight excluding hydrogens is 332 g/mol. The molecule has 0 unspecified atom stereocenters. The van der Waals surface area contributed by atoms with Crippen LogP contribution in [0.1, 0.15) is 22.8 Å². The lowest BCUT2D eigenvalue weighted by Crippen LogP contribution is -2.23. The van der Waals surface area contributed by atoms with Gasteiger partial charge >= 0.3 is 0 Å². The summed E-state index contributed by atoms with van der Waals surface area (Å²) in [6, 6.07) is 10.8. The summed E-state index contributed by atoms with van der Waals surface area (Å²) in [5, 5.41) is 3.39. The lowest BCUT2D eigenvalue weighted by Gasteiger charge is -2.18. The van der Waals surface area contributed by atoms with Crippen molar-refractivity contribution in [2.75, 3.05) is 18.5 Å². The molecule has 0 saturated heterocycles. The van der Waals surface area contributed by atoms with Gasteiger partial charge in [0.15, 0.2) is 11.5 Å². The number of rotatable bonds is 4. The van der Waals surface area contributed by atoms with E-state index in [-0.39, 0.29) is 0 Å². The predicted molar refractivity (Wildman–Crippen MR) is 98.1 cm³/mol. The number of aryl methyl sites for hydroxylation is 1. The molecule has 1 aliphatic rings. The Balaban J connectivity index is 1.58. The Morgan fingerprint density at radius 3 is 2.73 bits per heavy atom. The van der Waals surface area contributed by atoms with Crippen LogP contribution in [0.5, 0.6) is 11.5 Å². The van der Waals surface area contributed by atoms with Crippen LogP contribution in [0.2, 0.25) is 0 Å². The lowest BCUT2D eigenvalue weighted by atomic mass is 10.0. The molecule has 3 aromatic rings. The van der Waals surface area contributed by atoms with Gasteiger partial charge in [-0.15, -0.1) is 0 Å². The van der Waals surface area contributed by atoms with Gasteiger partial charge in [0.2, 0.25) is 0 Å². The molecule has 0 bridgehead atoms. The number of amides is 1. The monoisotopic (exact) mass is 350 g/mol. The maximum Gasteiger partial charge on any atom is 0.296 e. The number of benzene rings is 2. The lowest BCUT2D eigenvalue weighted by molar-refractivity contribution is -0.112. The highest BCUT2D eigenvalue weighted by Crippen LogP contribution is 2.32. The van der Waals surface area contributed by atoms with E-state index in [4.69, 9.17) is 9.47 Å². The van der Waals surface area contributed by atoms with E-state index < -0.39 is 11.7 Å². The van der Waals surface area contributed by atoms with E-state index in [9.17, 15) is 9.59 Å². The number of anilines is 1. The summed E-state index contributed by atoms with van der Waals surface area (Å²) in [6.07, 6.45) is 2.43. The van der Waals surface area contributed by atoms with Crippen LogP contribution < -0.4 is 14.8 Å². The zero-order chi connectivity index (χ0) is 18.1. The summed E-state index contributed by atoms with van der Waals surface area (Å²) < 4.78 is 10.9. The van der Waals surface area contributed by atoms with Crippen molar-refractivity contribution in [2.24, 2.45) is 0 Å². The van der Waals surface area contributed by atoms with Crippen molar-refractivity contribution in [3.05, 3.63) is 53.7 Å². The maximum absolute atomic E-state index is 12.6. The summed E-state index contributed by atoms with van der Waals surface area (Å²) in [6.45, 7) is 3.00. The summed E-state index contributed by atoms with van der Waals surface area (Å²) in [5.74, 6) is -0.0886. The minimum atomic E-state index is -0.690. The first-order chi connectivity index (χ1) is 12.7. The number of nitrogens with one attached hydrogen (secondary N) is 2. The molecule has 1 aromatic heterocycles. The third kappa shape index (κ3) is 2.79. The third-order valence-electron chi connectivity index (χ3n) is 4.43. The molecule has 2 heterocycles. The number of ether oxygens (including phenoxy) is 2. The van der Waals surface area contributed by atoms with Crippen molar-refractivity contribution in [3.63, 3.8) is 0 Å². The van der Waals surface area contributed by atoms with Crippen molar-refractivity contribution in [3.8, 4) is 11.5 Å². The molecule has 132 valence electrons. The fourth-order valence-electron chi connectivity index (χ4n) is 3.13. The SMILES string of the molecule is CCc1cccc2c(C(=O)C(=O)Nc3ccc4c(c3)OCCO4)c[nH]c12. The van der Waals surface area contributed by atoms with Gasteiger partial charge in [0.25, 0.3) is 11.7 Å². The Hall–Kier alpha value is -3.28. The number of carbonyl (C=O) groups is 2. The first kappa shape index (κ1) is 16.2. The fraction of sp³-hybridized carbons (Fsp3) is 0.200. The van der Waals surface area contributed by atoms with E-state index in [0.717, 1.165) is 22.9 Å². The summed E-state index contributed by atoms with van der Waals surface area (Å²) in [7, 11) is 0. The van der Waals surface area contributed by atoms with Crippen molar-refractivity contribution in [1.29, 1.82) is 0 Å². The van der Waals surface area contributed by atoms with Crippen LogP contribution in [0.25, 0.3) is 10.9 Å². The Morgan fingerprint density at radius 2 is 1.92 bits per heavy atom. The first-order valence-electron chi connectivity index (χ1n) is 8.51. The van der Waals surface area contributed by atoms with Crippen LogP contribution in [-0.4, -0.2) is 29.9 Å². The van der Waals surface area contributed by atoms with Crippen LogP contribution in [0, 0.1) is 0 Å². The smallest absolute Gasteiger partial charge is 0.296 e. The highest BCUT2D eigenvalue weighted by Gasteiger charge is 2.21. The van der Waals surface area contributed by atoms with Crippen LogP contribution in [0.3, 0.4) is 0 Å². The number of carbonyl (C=O) groups excluding carboxylic acids is 2. The standard InChI is InChI=1S/C20H18N2O4/c1-2-12-4-3-5-14-15(11-21-18(12)14)19(23)20(24)22-13-6-7-16-17(10-13)26-9-8-25-16/h3-7,10-11,21H,2,8-9H2,1H3,(H,22,24). The van der Waals surface area contributed by atoms with Gasteiger partial charge in [0.05, 0.1) is 5.56 Å². The zero-order valence-corrected chi connectivity index (χ0v) is 14.3. The number of hydrogen-bond donors (Lipinski definition) is 2. The summed E-state index contributed by atoms with van der Waals surface area (Å²) >= 11 is 0. The number of Topliss-reactive ketones (excluding diaryl/α,β-unsaturated/α-hetero) is 1. The highest BCUT2D eigenvalue weighted by molar-refractivity contribution is 6.48. The minimum Gasteiger partial charge on any atom is -0.486 e. The van der Waals surface area contributed by atoms with Crippen LogP contribution in [0.15, 0.2) is 42.6 Å². The Labute approximate surface area is 150 Å². The van der Waals surface area contributed by atoms with Gasteiger partial charge in [0, 0.05) is 28.9 Å². The Kier molecular flexibility index (Phi) is 4.08. The number of hydrogen-bond acceptors (Lipinski definition) is 4. The van der Waals surface area contributed by atoms with Gasteiger partial charge in [-0.1, -0.05) is 25.1 Å². The molecule has 4 rings (SSSR count). The van der Waals surface area contributed by atoms with Gasteiger partial charge in [-0.2, -0.15) is 0 Å². The maximum atomic E-state index is 12.6. The molecule has 6 heteroatoms. The fourth-order valence-corrected chi connectivity index (χ4v) is 3.13. The Morgan fingerprint density at radius 1 is 1.12 bits per heavy atom. The molecule has 26 heavy (non-hydrogen) atoms. The molecule has 0 saturated carbocycles. The summed E-state index contributed by atoms with van der Waals surface area (Å²) in [5.41, 5.74) is 2.85. The number of H-pyrrole nitrogens is 1. The minimum absolute atomic E-state index is 0.366. The molecule has 0 aliphatic carbocycles. The molecule has 6 nitrogen and oxygen atoms in total. The van der Waals surface area contributed by atoms with E-state index in [0.29, 0.717) is 36.0 Å². The topological polar surface area (TPSA) is 80.4 Å². The zero-order valence-electron chi connectivity index (χ0n) is 14.3. The van der Waals surface area contributed by atoms with Gasteiger partial charge < -0.3 is 19.8 Å². The van der Waals surface area contributed by atoms with E-state index in [1.165, 1.54) is 0 Å². The molecule has 0 atom stereocenters. The van der Waals surface area contributed by atoms with Gasteiger partial charge in [-0.3, -0.25) is 9.59 Å². The van der Waals surface area contributed by atoms with Crippen molar-refractivity contribution >= 4 is 28.3 Å². The van der Waals surface area contributed by atoms with Crippen LogP contribution in [0.4, 0.5) is 5.69 Å². The predicted octanol–water partition coefficient (Wildman–Crippen LogP) is 3.32. The normalized spacial score (nSPS) is 12.8. The van der Waals surface area contributed by atoms with Crippen molar-refractivity contribution < 1.29 is 19.1 Å². The quantitative estimate of drug-likeness (QED) is 0.559. The number of aromatic amines is 1. The molecule has 2 aromatic carbocycles. The van der Waals surface area contributed by atoms with Gasteiger partial charge in [-0.25, -0.2) is 0 Å². The second kappa shape index (κ2) is 6.55. The van der Waals surface area contributed by atoms with Crippen LogP contribution in [-0.2, 0) is 11.2 Å². The number of para-hydroxylation sites is 1. The second-order valence-electron chi connectivity index (χ2n) is 6.04. The highest BCUT2D eigenvalue weighted by atomic mass is 16.6. The summed E-state index contributed by atoms with van der Waals surface area (Å²) in [4.78, 5) is 28.2. The number of aromatic nitrogens is 1. The van der Waals surface area contributed by atoms with Crippen molar-refractivity contribution in [1.82, 2.24) is 4.98 Å². The first-order valence-corrected chi connectivity index (χ1v) is 8.51. The molecular formula is C20H18N2O4. The molecule has 1 aliphatic heterocycles. The van der Waals surface area contributed by atoms with Gasteiger partial charge in [0.1, 0.15) is 13.2 Å². The van der Waals surface area contributed by atoms with Crippen LogP contribution >= 0.6 is 0 Å². The largest absolute Gasteiger partial charge is 0.486 e. The van der Waals surface area contributed by atoms with E-state index in [2.05, 4.69) is 10.3 Å². The number of ketones is 1. The molecule has 0 radical (unpaired) electrons. The number of fused-ring (bicyclic) bond motifs is 2.